The standard InChI is InChI=1S/2C2H6NO.Cu.H2O4S/c2*3-1-2-4;;1-5(2,3)4/h2*3-4H,1-2H2;;(H2,1,2,3,4)/q2*-1;+2;. The molecule has 0 fully saturated rings. The number of aliphatic hydroxyl groups is 2. The van der Waals surface area contributed by atoms with Gasteiger partial charge in [-0.3, -0.25) is 9.11 Å². The quantitative estimate of drug-likeness (QED) is 0.390. The zero-order chi connectivity index (χ0) is 11.3. The van der Waals surface area contributed by atoms with Gasteiger partial charge < -0.3 is 21.7 Å². The fraction of sp³-hybridized carbons (Fsp3) is 1.00. The second kappa shape index (κ2) is 18.9. The second-order valence-corrected chi connectivity index (χ2v) is 2.29. The summed E-state index contributed by atoms with van der Waals surface area (Å²) in [5.41, 5.74) is 12.4. The largest absolute Gasteiger partial charge is 2.00 e. The van der Waals surface area contributed by atoms with Gasteiger partial charge in [0.15, 0.2) is 0 Å². The number of aliphatic hydroxyl groups excluding tert-OH is 2. The van der Waals surface area contributed by atoms with Gasteiger partial charge >= 0.3 is 27.5 Å². The van der Waals surface area contributed by atoms with Crippen LogP contribution in [0.5, 0.6) is 0 Å². The third kappa shape index (κ3) is 310. The van der Waals surface area contributed by atoms with Crippen LogP contribution in [0.2, 0.25) is 0 Å². The van der Waals surface area contributed by atoms with Crippen LogP contribution in [-0.2, 0) is 27.5 Å². The minimum atomic E-state index is -4.67. The van der Waals surface area contributed by atoms with Crippen molar-refractivity contribution >= 4 is 10.4 Å². The average molecular weight is 282 g/mol. The first-order chi connectivity index (χ1) is 5.83. The Kier molecular flexibility index (Phi) is 32.1. The Labute approximate surface area is 93.3 Å². The fourth-order valence-corrected chi connectivity index (χ4v) is 0. The van der Waals surface area contributed by atoms with Crippen molar-refractivity contribution in [2.24, 2.45) is 0 Å². The van der Waals surface area contributed by atoms with Gasteiger partial charge in [-0.05, 0) is 0 Å². The zero-order valence-corrected chi connectivity index (χ0v) is 8.90. The van der Waals surface area contributed by atoms with E-state index in [0.29, 0.717) is 0 Å². The van der Waals surface area contributed by atoms with Gasteiger partial charge in [0.05, 0.1) is 0 Å². The molecular weight excluding hydrogens is 268 g/mol. The molecule has 8 nitrogen and oxygen atoms in total. The fourth-order valence-electron chi connectivity index (χ4n) is 0. The van der Waals surface area contributed by atoms with Crippen molar-refractivity contribution in [3.63, 3.8) is 0 Å². The Bertz CT molecular complexity index is 147. The van der Waals surface area contributed by atoms with Crippen molar-refractivity contribution in [1.29, 1.82) is 0 Å². The van der Waals surface area contributed by atoms with Crippen LogP contribution in [0.3, 0.4) is 0 Å². The number of rotatable bonds is 2. The van der Waals surface area contributed by atoms with E-state index in [-0.39, 0.29) is 43.4 Å². The maximum atomic E-state index is 8.74. The van der Waals surface area contributed by atoms with Crippen LogP contribution in [0.25, 0.3) is 11.5 Å². The van der Waals surface area contributed by atoms with Crippen LogP contribution in [0, 0.1) is 0 Å². The van der Waals surface area contributed by atoms with E-state index >= 15 is 0 Å². The molecule has 6 N–H and O–H groups in total. The third-order valence-corrected chi connectivity index (χ3v) is 0.224. The minimum absolute atomic E-state index is 0. The van der Waals surface area contributed by atoms with Gasteiger partial charge in [-0.15, -0.1) is 13.1 Å². The van der Waals surface area contributed by atoms with Gasteiger partial charge in [-0.25, -0.2) is 0 Å². The minimum Gasteiger partial charge on any atom is -0.676 e. The number of hydrogen-bond acceptors (Lipinski definition) is 4. The summed E-state index contributed by atoms with van der Waals surface area (Å²) < 4.78 is 31.6. The Morgan fingerprint density at radius 2 is 1.00 bits per heavy atom. The predicted molar refractivity (Wildman–Crippen MR) is 46.7 cm³/mol. The van der Waals surface area contributed by atoms with Crippen LogP contribution in [0.4, 0.5) is 0 Å². The molecule has 14 heavy (non-hydrogen) atoms. The maximum Gasteiger partial charge on any atom is 2.00 e. The first kappa shape index (κ1) is 23.8. The number of nitrogens with one attached hydrogen (secondary N) is 2. The smallest absolute Gasteiger partial charge is 0.676 e. The van der Waals surface area contributed by atoms with Crippen molar-refractivity contribution < 1.29 is 44.8 Å². The molecule has 1 radical (unpaired) electrons. The van der Waals surface area contributed by atoms with Gasteiger partial charge in [-0.1, -0.05) is 0 Å². The molecule has 0 aromatic carbocycles. The number of hydrogen-bond donors (Lipinski definition) is 4. The molecule has 93 valence electrons. The molecule has 0 aromatic rings. The maximum absolute atomic E-state index is 8.74. The molecular formula is C4H14CuN2O6S. The molecule has 10 heteroatoms. The Hall–Kier alpha value is 0.229. The van der Waals surface area contributed by atoms with Crippen LogP contribution < -0.4 is 0 Å². The van der Waals surface area contributed by atoms with E-state index in [1.807, 2.05) is 0 Å². The first-order valence-corrected chi connectivity index (χ1v) is 4.44. The summed E-state index contributed by atoms with van der Waals surface area (Å²) in [7, 11) is -4.67. The van der Waals surface area contributed by atoms with Gasteiger partial charge in [0, 0.05) is 13.2 Å². The van der Waals surface area contributed by atoms with Crippen molar-refractivity contribution in [2.45, 2.75) is 0 Å². The van der Waals surface area contributed by atoms with E-state index < -0.39 is 10.4 Å². The summed E-state index contributed by atoms with van der Waals surface area (Å²) in [5.74, 6) is 0. The summed E-state index contributed by atoms with van der Waals surface area (Å²) in [4.78, 5) is 0. The predicted octanol–water partition coefficient (Wildman–Crippen LogP) is -0.594. The van der Waals surface area contributed by atoms with Gasteiger partial charge in [0.25, 0.3) is 0 Å². The molecule has 0 aliphatic rings. The van der Waals surface area contributed by atoms with Crippen molar-refractivity contribution in [1.82, 2.24) is 0 Å². The molecule has 0 spiro atoms. The van der Waals surface area contributed by atoms with Gasteiger partial charge in [0.2, 0.25) is 0 Å². The molecule has 0 unspecified atom stereocenters. The van der Waals surface area contributed by atoms with Gasteiger partial charge in [-0.2, -0.15) is 8.42 Å². The normalized spacial score (nSPS) is 8.43. The molecule has 0 saturated carbocycles. The van der Waals surface area contributed by atoms with E-state index in [9.17, 15) is 0 Å². The molecule has 0 saturated heterocycles. The molecule has 0 aliphatic heterocycles. The Morgan fingerprint density at radius 3 is 1.00 bits per heavy atom. The third-order valence-electron chi connectivity index (χ3n) is 0.224. The van der Waals surface area contributed by atoms with E-state index in [1.165, 1.54) is 0 Å². The monoisotopic (exact) mass is 281 g/mol. The van der Waals surface area contributed by atoms with E-state index in [0.717, 1.165) is 0 Å². The van der Waals surface area contributed by atoms with Crippen LogP contribution in [-0.4, -0.2) is 54.0 Å². The Morgan fingerprint density at radius 1 is 0.929 bits per heavy atom. The molecule has 0 bridgehead atoms. The van der Waals surface area contributed by atoms with Crippen molar-refractivity contribution in [3.8, 4) is 0 Å². The summed E-state index contributed by atoms with van der Waals surface area (Å²) in [6.45, 7) is 0.222. The Balaban J connectivity index is -0.0000000522. The first-order valence-electron chi connectivity index (χ1n) is 3.04. The topological polar surface area (TPSA) is 163 Å². The molecule has 0 aliphatic carbocycles. The van der Waals surface area contributed by atoms with E-state index in [2.05, 4.69) is 0 Å². The molecule has 0 amide bonds. The van der Waals surface area contributed by atoms with Crippen LogP contribution in [0.1, 0.15) is 0 Å². The summed E-state index contributed by atoms with van der Waals surface area (Å²) in [6.07, 6.45) is 0. The van der Waals surface area contributed by atoms with Crippen LogP contribution in [0.15, 0.2) is 0 Å². The van der Waals surface area contributed by atoms with E-state index in [1.54, 1.807) is 0 Å². The van der Waals surface area contributed by atoms with Gasteiger partial charge in [0.1, 0.15) is 0 Å². The molecule has 0 atom stereocenters. The SMILES string of the molecule is O=S(=O)(O)O.[Cu+2].[NH-]CCO.[NH-]CCO. The second-order valence-electron chi connectivity index (χ2n) is 1.40. The molecule has 0 aromatic heterocycles. The molecule has 0 heterocycles. The summed E-state index contributed by atoms with van der Waals surface area (Å²) in [6, 6.07) is 0. The van der Waals surface area contributed by atoms with Crippen molar-refractivity contribution in [3.05, 3.63) is 11.5 Å². The van der Waals surface area contributed by atoms with E-state index in [4.69, 9.17) is 39.2 Å². The summed E-state index contributed by atoms with van der Waals surface area (Å²) >= 11 is 0. The summed E-state index contributed by atoms with van der Waals surface area (Å²) in [5, 5.41) is 15.4. The molecule has 0 rings (SSSR count). The zero-order valence-electron chi connectivity index (χ0n) is 7.14. The average Bonchev–Trinajstić information content (AvgIpc) is 2.01. The van der Waals surface area contributed by atoms with Crippen molar-refractivity contribution in [2.75, 3.05) is 26.3 Å². The van der Waals surface area contributed by atoms with Crippen LogP contribution >= 0.6 is 0 Å².